The van der Waals surface area contributed by atoms with Gasteiger partial charge in [0.15, 0.2) is 5.96 Å². The van der Waals surface area contributed by atoms with Crippen LogP contribution in [0.4, 0.5) is 5.69 Å². The first-order valence-electron chi connectivity index (χ1n) is 7.64. The van der Waals surface area contributed by atoms with Gasteiger partial charge in [-0.1, -0.05) is 18.2 Å². The Hall–Kier alpha value is -1.41. The van der Waals surface area contributed by atoms with E-state index in [1.807, 2.05) is 42.1 Å². The zero-order valence-electron chi connectivity index (χ0n) is 13.6. The van der Waals surface area contributed by atoms with Gasteiger partial charge >= 0.3 is 0 Å². The van der Waals surface area contributed by atoms with Crippen LogP contribution in [0, 0.1) is 0 Å². The van der Waals surface area contributed by atoms with E-state index in [4.69, 9.17) is 10.5 Å². The van der Waals surface area contributed by atoms with Gasteiger partial charge in [-0.05, 0) is 49.2 Å². The number of aliphatic imine (C=N–C) groups is 1. The van der Waals surface area contributed by atoms with Crippen LogP contribution in [0.1, 0.15) is 12.8 Å². The molecule has 1 aliphatic carbocycles. The minimum absolute atomic E-state index is 0. The summed E-state index contributed by atoms with van der Waals surface area (Å²) in [6.45, 7) is 0.738. The number of methoxy groups -OCH3 is 1. The highest BCUT2D eigenvalue weighted by atomic mass is 127. The van der Waals surface area contributed by atoms with Gasteiger partial charge in [-0.15, -0.1) is 35.7 Å². The number of nitrogens with zero attached hydrogens (tertiary/aromatic N) is 1. The van der Waals surface area contributed by atoms with Crippen molar-refractivity contribution in [2.24, 2.45) is 10.7 Å². The van der Waals surface area contributed by atoms with Crippen molar-refractivity contribution >= 4 is 47.4 Å². The highest BCUT2D eigenvalue weighted by Gasteiger charge is 2.43. The lowest BCUT2D eigenvalue weighted by atomic mass is 10.3. The lowest BCUT2D eigenvalue weighted by Gasteiger charge is -2.13. The molecule has 0 amide bonds. The summed E-state index contributed by atoms with van der Waals surface area (Å²) in [7, 11) is 1.65. The smallest absolute Gasteiger partial charge is 0.193 e. The molecule has 1 aliphatic rings. The van der Waals surface area contributed by atoms with Crippen molar-refractivity contribution < 1.29 is 4.74 Å². The Morgan fingerprint density at radius 3 is 2.42 bits per heavy atom. The summed E-state index contributed by atoms with van der Waals surface area (Å²) < 4.78 is 5.36. The summed E-state index contributed by atoms with van der Waals surface area (Å²) in [5, 5.41) is 3.12. The molecule has 128 valence electrons. The normalized spacial score (nSPS) is 15.3. The summed E-state index contributed by atoms with van der Waals surface area (Å²) in [5.41, 5.74) is 6.91. The number of hydrogen-bond acceptors (Lipinski definition) is 3. The van der Waals surface area contributed by atoms with Crippen LogP contribution < -0.4 is 15.8 Å². The van der Waals surface area contributed by atoms with E-state index in [1.54, 1.807) is 7.11 Å². The lowest BCUT2D eigenvalue weighted by Crippen LogP contribution is -2.24. The molecule has 24 heavy (non-hydrogen) atoms. The Labute approximate surface area is 164 Å². The summed E-state index contributed by atoms with van der Waals surface area (Å²) in [6, 6.07) is 18.1. The number of rotatable bonds is 6. The van der Waals surface area contributed by atoms with E-state index in [2.05, 4.69) is 34.6 Å². The molecule has 0 aliphatic heterocycles. The van der Waals surface area contributed by atoms with E-state index in [-0.39, 0.29) is 28.7 Å². The predicted molar refractivity (Wildman–Crippen MR) is 113 cm³/mol. The number of thioether (sulfide) groups is 1. The topological polar surface area (TPSA) is 59.6 Å². The molecule has 0 heterocycles. The van der Waals surface area contributed by atoms with Gasteiger partial charge < -0.3 is 15.8 Å². The summed E-state index contributed by atoms with van der Waals surface area (Å²) >= 11 is 1.90. The molecule has 6 heteroatoms. The summed E-state index contributed by atoms with van der Waals surface area (Å²) in [6.07, 6.45) is 2.37. The summed E-state index contributed by atoms with van der Waals surface area (Å²) in [4.78, 5) is 5.82. The zero-order chi connectivity index (χ0) is 16.1. The van der Waals surface area contributed by atoms with Gasteiger partial charge in [0.2, 0.25) is 0 Å². The highest BCUT2D eigenvalue weighted by molar-refractivity contribution is 14.0. The molecule has 0 bridgehead atoms. The van der Waals surface area contributed by atoms with Crippen molar-refractivity contribution in [1.29, 1.82) is 0 Å². The molecule has 0 saturated heterocycles. The molecule has 0 spiro atoms. The first-order valence-corrected chi connectivity index (χ1v) is 8.46. The van der Waals surface area contributed by atoms with Crippen LogP contribution in [0.15, 0.2) is 64.5 Å². The number of benzene rings is 2. The van der Waals surface area contributed by atoms with Crippen molar-refractivity contribution in [3.05, 3.63) is 54.6 Å². The number of ether oxygens (including phenoxy) is 1. The van der Waals surface area contributed by atoms with Crippen LogP contribution in [0.25, 0.3) is 0 Å². The van der Waals surface area contributed by atoms with Crippen molar-refractivity contribution in [2.45, 2.75) is 22.5 Å². The molecule has 0 radical (unpaired) electrons. The Morgan fingerprint density at radius 2 is 1.83 bits per heavy atom. The minimum Gasteiger partial charge on any atom is -0.497 e. The largest absolute Gasteiger partial charge is 0.497 e. The Morgan fingerprint density at radius 1 is 1.17 bits per heavy atom. The molecule has 0 aromatic heterocycles. The first kappa shape index (κ1) is 18.9. The van der Waals surface area contributed by atoms with Crippen LogP contribution in [-0.2, 0) is 0 Å². The van der Waals surface area contributed by atoms with E-state index in [1.165, 1.54) is 17.7 Å². The molecule has 0 unspecified atom stereocenters. The average molecular weight is 455 g/mol. The molecule has 4 nitrogen and oxygen atoms in total. The van der Waals surface area contributed by atoms with E-state index in [9.17, 15) is 0 Å². The summed E-state index contributed by atoms with van der Waals surface area (Å²) in [5.74, 6) is 1.28. The van der Waals surface area contributed by atoms with Gasteiger partial charge in [0.05, 0.1) is 13.7 Å². The fourth-order valence-electron chi connectivity index (χ4n) is 2.26. The maximum Gasteiger partial charge on any atom is 0.193 e. The first-order chi connectivity index (χ1) is 11.2. The van der Waals surface area contributed by atoms with E-state index in [0.29, 0.717) is 5.96 Å². The molecule has 1 fully saturated rings. The monoisotopic (exact) mass is 455 g/mol. The number of guanidine groups is 1. The number of nitrogens with one attached hydrogen (secondary N) is 1. The quantitative estimate of drug-likeness (QED) is 0.386. The molecule has 3 N–H and O–H groups in total. The zero-order valence-corrected chi connectivity index (χ0v) is 16.7. The maximum absolute atomic E-state index is 6.00. The third kappa shape index (κ3) is 5.31. The molecule has 1 saturated carbocycles. The van der Waals surface area contributed by atoms with Crippen LogP contribution in [0.3, 0.4) is 0 Å². The molecular formula is C18H22IN3OS. The standard InChI is InChI=1S/C18H21N3OS.HI/c1-22-15-9-7-14(8-10-15)21-17(19)20-13-18(11-12-18)23-16-5-3-2-4-6-16;/h2-10H,11-13H2,1H3,(H3,19,20,21);1H. The van der Waals surface area contributed by atoms with E-state index < -0.39 is 0 Å². The Bertz CT molecular complexity index is 672. The number of nitrogens with two attached hydrogens (primary N) is 1. The Kier molecular flexibility index (Phi) is 6.79. The van der Waals surface area contributed by atoms with Gasteiger partial charge in [0.1, 0.15) is 5.75 Å². The van der Waals surface area contributed by atoms with Crippen LogP contribution in [-0.4, -0.2) is 24.4 Å². The molecule has 2 aromatic carbocycles. The van der Waals surface area contributed by atoms with Gasteiger partial charge in [0.25, 0.3) is 0 Å². The van der Waals surface area contributed by atoms with Gasteiger partial charge in [0, 0.05) is 15.3 Å². The third-order valence-corrected chi connectivity index (χ3v) is 5.26. The number of anilines is 1. The fraction of sp³-hybridized carbons (Fsp3) is 0.278. The van der Waals surface area contributed by atoms with Crippen LogP contribution >= 0.6 is 35.7 Å². The molecular weight excluding hydrogens is 433 g/mol. The van der Waals surface area contributed by atoms with E-state index in [0.717, 1.165) is 18.0 Å². The number of hydrogen-bond donors (Lipinski definition) is 2. The lowest BCUT2D eigenvalue weighted by molar-refractivity contribution is 0.415. The average Bonchev–Trinajstić information content (AvgIpc) is 3.35. The SMILES string of the molecule is COc1ccc(NC(N)=NCC2(Sc3ccccc3)CC2)cc1.I. The van der Waals surface area contributed by atoms with Crippen LogP contribution in [0.5, 0.6) is 5.75 Å². The van der Waals surface area contributed by atoms with Gasteiger partial charge in [-0.25, -0.2) is 0 Å². The van der Waals surface area contributed by atoms with Gasteiger partial charge in [-0.3, -0.25) is 4.99 Å². The predicted octanol–water partition coefficient (Wildman–Crippen LogP) is 4.36. The van der Waals surface area contributed by atoms with Crippen molar-refractivity contribution in [3.63, 3.8) is 0 Å². The van der Waals surface area contributed by atoms with Crippen molar-refractivity contribution in [1.82, 2.24) is 0 Å². The highest BCUT2D eigenvalue weighted by Crippen LogP contribution is 2.51. The molecule has 2 aromatic rings. The third-order valence-electron chi connectivity index (χ3n) is 3.79. The van der Waals surface area contributed by atoms with E-state index >= 15 is 0 Å². The van der Waals surface area contributed by atoms with Crippen LogP contribution in [0.2, 0.25) is 0 Å². The molecule has 3 rings (SSSR count). The minimum atomic E-state index is 0. The number of halogens is 1. The van der Waals surface area contributed by atoms with Gasteiger partial charge in [-0.2, -0.15) is 0 Å². The Balaban J connectivity index is 0.00000208. The second kappa shape index (κ2) is 8.62. The second-order valence-electron chi connectivity index (χ2n) is 5.65. The second-order valence-corrected chi connectivity index (χ2v) is 7.19. The van der Waals surface area contributed by atoms with Crippen molar-refractivity contribution in [2.75, 3.05) is 19.0 Å². The fourth-order valence-corrected chi connectivity index (χ4v) is 3.49. The molecule has 0 atom stereocenters. The van der Waals surface area contributed by atoms with Crippen molar-refractivity contribution in [3.8, 4) is 5.75 Å². The maximum atomic E-state index is 6.00.